The van der Waals surface area contributed by atoms with Crippen molar-refractivity contribution in [1.82, 2.24) is 9.21 Å². The zero-order chi connectivity index (χ0) is 20.7. The van der Waals surface area contributed by atoms with E-state index in [-0.39, 0.29) is 11.5 Å². The van der Waals surface area contributed by atoms with Crippen molar-refractivity contribution in [3.63, 3.8) is 0 Å². The van der Waals surface area contributed by atoms with Crippen LogP contribution in [0.15, 0.2) is 18.3 Å². The van der Waals surface area contributed by atoms with E-state index in [1.807, 2.05) is 6.07 Å². The first-order valence-electron chi connectivity index (χ1n) is 9.16. The minimum Gasteiger partial charge on any atom is -0.493 e. The molecule has 9 nitrogen and oxygen atoms in total. The predicted octanol–water partition coefficient (Wildman–Crippen LogP) is 0.533. The number of nitrogens with two attached hydrogens (primary N) is 3. The molecule has 0 unspecified atom stereocenters. The van der Waals surface area contributed by atoms with Crippen LogP contribution in [-0.4, -0.2) is 57.5 Å². The first kappa shape index (κ1) is 20.6. The molecule has 1 spiro atoms. The smallest absolute Gasteiger partial charge is 0.277 e. The van der Waals surface area contributed by atoms with Crippen LogP contribution in [0.3, 0.4) is 0 Å². The molecule has 0 aromatic heterocycles. The van der Waals surface area contributed by atoms with Gasteiger partial charge < -0.3 is 25.8 Å². The Bertz CT molecular complexity index is 872. The number of nitrogen functional groups attached to an aromatic ring is 1. The van der Waals surface area contributed by atoms with Gasteiger partial charge in [0.05, 0.1) is 19.9 Å². The number of hydrogen-bond acceptors (Lipinski definition) is 7. The highest BCUT2D eigenvalue weighted by Gasteiger charge is 2.55. The highest BCUT2D eigenvalue weighted by atomic mass is 32.2. The van der Waals surface area contributed by atoms with Gasteiger partial charge in [-0.05, 0) is 18.9 Å². The van der Waals surface area contributed by atoms with Crippen LogP contribution in [0, 0.1) is 5.41 Å². The number of anilines is 1. The van der Waals surface area contributed by atoms with E-state index < -0.39 is 10.2 Å². The molecule has 1 saturated carbocycles. The van der Waals surface area contributed by atoms with Crippen LogP contribution in [-0.2, 0) is 10.2 Å². The molecule has 1 saturated heterocycles. The van der Waals surface area contributed by atoms with Crippen LogP contribution >= 0.6 is 0 Å². The Labute approximate surface area is 166 Å². The summed E-state index contributed by atoms with van der Waals surface area (Å²) in [4.78, 5) is 2.15. The van der Waals surface area contributed by atoms with Crippen LogP contribution in [0.4, 0.5) is 5.69 Å². The van der Waals surface area contributed by atoms with Crippen LogP contribution in [0.2, 0.25) is 0 Å². The highest BCUT2D eigenvalue weighted by molar-refractivity contribution is 7.86. The maximum absolute atomic E-state index is 11.7. The molecule has 0 radical (unpaired) electrons. The maximum atomic E-state index is 11.7. The fraction of sp³-hybridized carbons (Fsp3) is 0.556. The Morgan fingerprint density at radius 3 is 2.32 bits per heavy atom. The third-order valence-corrected chi connectivity index (χ3v) is 6.98. The molecule has 28 heavy (non-hydrogen) atoms. The fourth-order valence-electron chi connectivity index (χ4n) is 4.46. The van der Waals surface area contributed by atoms with Crippen molar-refractivity contribution in [3.8, 4) is 11.5 Å². The average Bonchev–Trinajstić information content (AvgIpc) is 2.57. The van der Waals surface area contributed by atoms with E-state index in [0.717, 1.165) is 37.2 Å². The standard InChI is InChI=1S/C18H29N5O4S/c1-4-23(28(21,24)25)12-7-18(8-12)10-22(11-18)15(9-19)13-5-16(26-2)17(27-3)6-14(13)20/h5-6,9,12H,4,7-8,10-11,19-20H2,1-3H3,(H2,21,24,25)/b15-9+. The van der Waals surface area contributed by atoms with E-state index >= 15 is 0 Å². The van der Waals surface area contributed by atoms with Gasteiger partial charge in [-0.2, -0.15) is 12.7 Å². The summed E-state index contributed by atoms with van der Waals surface area (Å²) in [5.41, 5.74) is 14.4. The number of nitrogens with zero attached hydrogens (tertiary/aromatic N) is 2. The molecule has 1 aliphatic heterocycles. The zero-order valence-electron chi connectivity index (χ0n) is 16.5. The van der Waals surface area contributed by atoms with Gasteiger partial charge in [0, 0.05) is 54.6 Å². The third kappa shape index (κ3) is 3.47. The Kier molecular flexibility index (Phi) is 5.39. The molecule has 156 valence electrons. The van der Waals surface area contributed by atoms with Crippen molar-refractivity contribution in [3.05, 3.63) is 23.9 Å². The van der Waals surface area contributed by atoms with Crippen LogP contribution in [0.5, 0.6) is 11.5 Å². The van der Waals surface area contributed by atoms with E-state index in [0.29, 0.717) is 23.7 Å². The Hall–Kier alpha value is -2.17. The number of benzene rings is 1. The quantitative estimate of drug-likeness (QED) is 0.557. The van der Waals surface area contributed by atoms with Crippen molar-refractivity contribution in [2.75, 3.05) is 39.6 Å². The SMILES string of the molecule is CCN(C1CC2(C1)CN(/C(=C/N)c1cc(OC)c(OC)cc1N)C2)S(N)(=O)=O. The zero-order valence-corrected chi connectivity index (χ0v) is 17.3. The van der Waals surface area contributed by atoms with Gasteiger partial charge >= 0.3 is 0 Å². The minimum atomic E-state index is -3.66. The molecule has 0 amide bonds. The lowest BCUT2D eigenvalue weighted by molar-refractivity contribution is -0.0658. The van der Waals surface area contributed by atoms with Crippen molar-refractivity contribution in [2.24, 2.45) is 16.3 Å². The maximum Gasteiger partial charge on any atom is 0.277 e. The Morgan fingerprint density at radius 1 is 1.29 bits per heavy atom. The lowest BCUT2D eigenvalue weighted by Crippen LogP contribution is -2.66. The molecule has 6 N–H and O–H groups in total. The molecule has 0 bridgehead atoms. The largest absolute Gasteiger partial charge is 0.493 e. The monoisotopic (exact) mass is 411 g/mol. The first-order chi connectivity index (χ1) is 13.2. The van der Waals surface area contributed by atoms with Crippen LogP contribution < -0.4 is 26.1 Å². The van der Waals surface area contributed by atoms with Crippen molar-refractivity contribution < 1.29 is 17.9 Å². The molecular weight excluding hydrogens is 382 g/mol. The van der Waals surface area contributed by atoms with Gasteiger partial charge in [-0.15, -0.1) is 0 Å². The lowest BCUT2D eigenvalue weighted by Gasteiger charge is -2.61. The number of methoxy groups -OCH3 is 2. The number of rotatable bonds is 7. The summed E-state index contributed by atoms with van der Waals surface area (Å²) in [5, 5.41) is 5.32. The molecule has 10 heteroatoms. The Balaban J connectivity index is 1.71. The fourth-order valence-corrected chi connectivity index (χ4v) is 5.39. The number of likely N-dealkylation sites (tertiary alicyclic amines) is 1. The molecule has 1 aromatic carbocycles. The molecule has 2 aliphatic rings. The lowest BCUT2D eigenvalue weighted by atomic mass is 9.60. The topological polar surface area (TPSA) is 137 Å². The molecule has 3 rings (SSSR count). The summed E-state index contributed by atoms with van der Waals surface area (Å²) in [5.74, 6) is 1.14. The predicted molar refractivity (Wildman–Crippen MR) is 109 cm³/mol. The molecule has 1 aromatic rings. The van der Waals surface area contributed by atoms with E-state index in [1.165, 1.54) is 4.31 Å². The summed E-state index contributed by atoms with van der Waals surface area (Å²) in [6, 6.07) is 3.51. The average molecular weight is 412 g/mol. The second-order valence-corrected chi connectivity index (χ2v) is 9.01. The van der Waals surface area contributed by atoms with Gasteiger partial charge in [-0.3, -0.25) is 0 Å². The number of ether oxygens (including phenoxy) is 2. The van der Waals surface area contributed by atoms with Gasteiger partial charge in [0.25, 0.3) is 10.2 Å². The highest BCUT2D eigenvalue weighted by Crippen LogP contribution is 2.53. The normalized spacial score (nSPS) is 19.5. The molecule has 1 heterocycles. The van der Waals surface area contributed by atoms with Gasteiger partial charge in [0.2, 0.25) is 0 Å². The summed E-state index contributed by atoms with van der Waals surface area (Å²) < 4.78 is 35.4. The van der Waals surface area contributed by atoms with E-state index in [4.69, 9.17) is 26.1 Å². The van der Waals surface area contributed by atoms with Crippen molar-refractivity contribution in [2.45, 2.75) is 25.8 Å². The van der Waals surface area contributed by atoms with Crippen LogP contribution in [0.1, 0.15) is 25.3 Å². The molecular formula is C18H29N5O4S. The van der Waals surface area contributed by atoms with E-state index in [9.17, 15) is 8.42 Å². The summed E-state index contributed by atoms with van der Waals surface area (Å²) in [6.45, 7) is 3.78. The van der Waals surface area contributed by atoms with Gasteiger partial charge in [0.1, 0.15) is 0 Å². The molecule has 1 aliphatic carbocycles. The van der Waals surface area contributed by atoms with E-state index in [2.05, 4.69) is 4.90 Å². The minimum absolute atomic E-state index is 0.0291. The van der Waals surface area contributed by atoms with E-state index in [1.54, 1.807) is 33.4 Å². The van der Waals surface area contributed by atoms with Crippen molar-refractivity contribution in [1.29, 1.82) is 0 Å². The summed E-state index contributed by atoms with van der Waals surface area (Å²) in [7, 11) is -0.530. The first-order valence-corrected chi connectivity index (χ1v) is 10.7. The van der Waals surface area contributed by atoms with Crippen LogP contribution in [0.25, 0.3) is 5.70 Å². The summed E-state index contributed by atoms with van der Waals surface area (Å²) in [6.07, 6.45) is 3.14. The number of hydrogen-bond donors (Lipinski definition) is 3. The van der Waals surface area contributed by atoms with Gasteiger partial charge in [-0.1, -0.05) is 6.92 Å². The second kappa shape index (κ2) is 7.34. The van der Waals surface area contributed by atoms with Gasteiger partial charge in [0.15, 0.2) is 11.5 Å². The second-order valence-electron chi connectivity index (χ2n) is 7.51. The Morgan fingerprint density at radius 2 is 1.86 bits per heavy atom. The third-order valence-electron chi connectivity index (χ3n) is 5.77. The van der Waals surface area contributed by atoms with Gasteiger partial charge in [-0.25, -0.2) is 5.14 Å². The molecule has 2 fully saturated rings. The molecule has 0 atom stereocenters. The summed E-state index contributed by atoms with van der Waals surface area (Å²) >= 11 is 0. The van der Waals surface area contributed by atoms with Crippen molar-refractivity contribution >= 4 is 21.6 Å².